The Bertz CT molecular complexity index is 1440. The maximum atomic E-state index is 12.4. The molecule has 2 aromatic heterocycles. The van der Waals surface area contributed by atoms with Gasteiger partial charge < -0.3 is 9.72 Å². The fraction of sp³-hybridized carbons (Fsp3) is 0.250. The number of rotatable bonds is 5. The van der Waals surface area contributed by atoms with E-state index >= 15 is 0 Å². The lowest BCUT2D eigenvalue weighted by molar-refractivity contribution is 0.0850. The van der Waals surface area contributed by atoms with E-state index in [0.717, 1.165) is 34.7 Å². The molecule has 2 aromatic carbocycles. The summed E-state index contributed by atoms with van der Waals surface area (Å²) in [7, 11) is -1.10. The van der Waals surface area contributed by atoms with Crippen molar-refractivity contribution in [2.45, 2.75) is 32.4 Å². The molecule has 0 saturated carbocycles. The molecule has 1 N–H and O–H groups in total. The quantitative estimate of drug-likeness (QED) is 0.168. The van der Waals surface area contributed by atoms with Crippen molar-refractivity contribution in [3.63, 3.8) is 0 Å². The van der Waals surface area contributed by atoms with Crippen LogP contribution in [0.2, 0.25) is 25.7 Å². The standard InChI is InChI=1S/C15H19Br2NO2Si.C9H5Br2NO/c1-21(2,3)7-6-20-10-18-9-14(17)13-8-11(16)4-5-12(13)15(18)19;10-5-1-2-6-7(3-5)8(11)4-12-9(6)13/h4-5,8-9H,6-7,10H2,1-3H3;1-4H,(H,12,13). The minimum Gasteiger partial charge on any atom is -0.361 e. The van der Waals surface area contributed by atoms with Crippen LogP contribution in [0.1, 0.15) is 0 Å². The summed E-state index contributed by atoms with van der Waals surface area (Å²) < 4.78 is 11.0. The lowest BCUT2D eigenvalue weighted by atomic mass is 10.2. The average molecular weight is 736 g/mol. The summed E-state index contributed by atoms with van der Waals surface area (Å²) in [5.74, 6) is 0. The van der Waals surface area contributed by atoms with Gasteiger partial charge in [-0.1, -0.05) is 51.5 Å². The van der Waals surface area contributed by atoms with Crippen LogP contribution < -0.4 is 11.1 Å². The third kappa shape index (κ3) is 7.24. The Hall–Kier alpha value is -1.04. The molecule has 0 aliphatic rings. The molecule has 0 fully saturated rings. The summed E-state index contributed by atoms with van der Waals surface area (Å²) in [6, 6.07) is 12.3. The van der Waals surface area contributed by atoms with E-state index in [-0.39, 0.29) is 11.1 Å². The number of aromatic amines is 1. The molecule has 0 amide bonds. The van der Waals surface area contributed by atoms with E-state index < -0.39 is 8.07 Å². The predicted octanol–water partition coefficient (Wildman–Crippen LogP) is 7.89. The molecule has 4 rings (SSSR count). The number of nitrogens with one attached hydrogen (secondary N) is 1. The van der Waals surface area contributed by atoms with Crippen molar-refractivity contribution in [3.05, 3.63) is 87.4 Å². The smallest absolute Gasteiger partial charge is 0.260 e. The Labute approximate surface area is 232 Å². The normalized spacial score (nSPS) is 11.5. The molecule has 0 spiro atoms. The first-order valence-electron chi connectivity index (χ1n) is 10.5. The molecule has 0 saturated heterocycles. The Kier molecular flexibility index (Phi) is 9.55. The van der Waals surface area contributed by atoms with Gasteiger partial charge in [0.05, 0.1) is 0 Å². The van der Waals surface area contributed by atoms with Gasteiger partial charge in [0.15, 0.2) is 0 Å². The molecule has 0 bridgehead atoms. The molecule has 0 aliphatic heterocycles. The number of hydrogen-bond donors (Lipinski definition) is 1. The second kappa shape index (κ2) is 11.8. The van der Waals surface area contributed by atoms with Gasteiger partial charge in [-0.05, 0) is 74.3 Å². The van der Waals surface area contributed by atoms with Crippen molar-refractivity contribution < 1.29 is 4.74 Å². The zero-order valence-electron chi connectivity index (χ0n) is 18.9. The number of hydrogen-bond acceptors (Lipinski definition) is 3. The van der Waals surface area contributed by atoms with Crippen LogP contribution in [-0.4, -0.2) is 24.2 Å². The molecule has 4 aromatic rings. The number of benzene rings is 2. The van der Waals surface area contributed by atoms with E-state index in [0.29, 0.717) is 24.1 Å². The second-order valence-electron chi connectivity index (χ2n) is 8.95. The third-order valence-electron chi connectivity index (χ3n) is 5.04. The lowest BCUT2D eigenvalue weighted by Crippen LogP contribution is -2.24. The van der Waals surface area contributed by atoms with Gasteiger partial charge in [0.25, 0.3) is 11.1 Å². The first-order chi connectivity index (χ1) is 16.0. The first-order valence-corrected chi connectivity index (χ1v) is 17.4. The summed E-state index contributed by atoms with van der Waals surface area (Å²) >= 11 is 13.7. The van der Waals surface area contributed by atoms with Gasteiger partial charge in [-0.2, -0.15) is 0 Å². The number of aromatic nitrogens is 2. The van der Waals surface area contributed by atoms with Gasteiger partial charge in [0.1, 0.15) is 6.73 Å². The highest BCUT2D eigenvalue weighted by molar-refractivity contribution is 9.11. The molecular weight excluding hydrogens is 712 g/mol. The van der Waals surface area contributed by atoms with Gasteiger partial charge in [0.2, 0.25) is 0 Å². The number of pyridine rings is 2. The Morgan fingerprint density at radius 3 is 2.06 bits per heavy atom. The van der Waals surface area contributed by atoms with Crippen molar-refractivity contribution in [1.82, 2.24) is 9.55 Å². The average Bonchev–Trinajstić information content (AvgIpc) is 2.77. The summed E-state index contributed by atoms with van der Waals surface area (Å²) in [4.78, 5) is 26.4. The number of nitrogens with zero attached hydrogens (tertiary/aromatic N) is 1. The van der Waals surface area contributed by atoms with E-state index in [9.17, 15) is 9.59 Å². The van der Waals surface area contributed by atoms with Crippen LogP contribution in [0.4, 0.5) is 0 Å². The fourth-order valence-corrected chi connectivity index (χ4v) is 5.65. The maximum absolute atomic E-state index is 12.4. The predicted molar refractivity (Wildman–Crippen MR) is 158 cm³/mol. The van der Waals surface area contributed by atoms with Crippen LogP contribution in [0.5, 0.6) is 0 Å². The number of halogens is 4. The minimum atomic E-state index is -1.10. The number of H-pyrrole nitrogens is 1. The summed E-state index contributed by atoms with van der Waals surface area (Å²) in [5.41, 5.74) is -0.0839. The molecule has 34 heavy (non-hydrogen) atoms. The van der Waals surface area contributed by atoms with Gasteiger partial charge in [0, 0.05) is 66.5 Å². The van der Waals surface area contributed by atoms with Crippen molar-refractivity contribution in [3.8, 4) is 0 Å². The van der Waals surface area contributed by atoms with Crippen molar-refractivity contribution in [1.29, 1.82) is 0 Å². The van der Waals surface area contributed by atoms with Crippen molar-refractivity contribution >= 4 is 93.3 Å². The lowest BCUT2D eigenvalue weighted by Gasteiger charge is -2.16. The second-order valence-corrected chi connectivity index (χ2v) is 18.1. The van der Waals surface area contributed by atoms with E-state index in [2.05, 4.69) is 88.3 Å². The van der Waals surface area contributed by atoms with E-state index in [1.807, 2.05) is 30.3 Å². The van der Waals surface area contributed by atoms with Gasteiger partial charge in [-0.25, -0.2) is 0 Å². The monoisotopic (exact) mass is 732 g/mol. The zero-order valence-corrected chi connectivity index (χ0v) is 26.3. The molecule has 0 atom stereocenters. The van der Waals surface area contributed by atoms with Crippen LogP contribution >= 0.6 is 63.7 Å². The Morgan fingerprint density at radius 1 is 0.853 bits per heavy atom. The number of fused-ring (bicyclic) bond motifs is 2. The molecule has 0 radical (unpaired) electrons. The van der Waals surface area contributed by atoms with Crippen LogP contribution in [0, 0.1) is 0 Å². The fourth-order valence-electron chi connectivity index (χ4n) is 3.15. The summed E-state index contributed by atoms with van der Waals surface area (Å²) in [5, 5.41) is 3.21. The molecule has 0 aliphatic carbocycles. The van der Waals surface area contributed by atoms with Crippen LogP contribution in [0.25, 0.3) is 21.5 Å². The van der Waals surface area contributed by atoms with E-state index in [1.165, 1.54) is 0 Å². The minimum absolute atomic E-state index is 0.0197. The molecule has 2 heterocycles. The Morgan fingerprint density at radius 2 is 1.44 bits per heavy atom. The molecular formula is C24H24Br4N2O3Si. The van der Waals surface area contributed by atoms with Crippen molar-refractivity contribution in [2.24, 2.45) is 0 Å². The molecule has 5 nitrogen and oxygen atoms in total. The molecule has 10 heteroatoms. The highest BCUT2D eigenvalue weighted by Crippen LogP contribution is 2.25. The van der Waals surface area contributed by atoms with Crippen LogP contribution in [-0.2, 0) is 11.5 Å². The van der Waals surface area contributed by atoms with Crippen LogP contribution in [0.15, 0.2) is 76.3 Å². The zero-order chi connectivity index (χ0) is 25.0. The summed E-state index contributed by atoms with van der Waals surface area (Å²) in [6.45, 7) is 7.94. The van der Waals surface area contributed by atoms with E-state index in [4.69, 9.17) is 4.74 Å². The first kappa shape index (κ1) is 27.5. The Balaban J connectivity index is 0.000000212. The topological polar surface area (TPSA) is 64.1 Å². The van der Waals surface area contributed by atoms with E-state index in [1.54, 1.807) is 23.0 Å². The summed E-state index contributed by atoms with van der Waals surface area (Å²) in [6.07, 6.45) is 3.45. The molecule has 180 valence electrons. The maximum Gasteiger partial charge on any atom is 0.260 e. The van der Waals surface area contributed by atoms with Crippen molar-refractivity contribution in [2.75, 3.05) is 6.61 Å². The van der Waals surface area contributed by atoms with Gasteiger partial charge in [-0.15, -0.1) is 0 Å². The van der Waals surface area contributed by atoms with Crippen LogP contribution in [0.3, 0.4) is 0 Å². The SMILES string of the molecule is C[Si](C)(C)CCOCn1cc(Br)c2cc(Br)ccc2c1=O.O=c1[nH]cc(Br)c2cc(Br)ccc12. The largest absolute Gasteiger partial charge is 0.361 e. The highest BCUT2D eigenvalue weighted by atomic mass is 79.9. The van der Waals surface area contributed by atoms with Gasteiger partial charge >= 0.3 is 0 Å². The highest BCUT2D eigenvalue weighted by Gasteiger charge is 2.13. The van der Waals surface area contributed by atoms with Gasteiger partial charge in [-0.3, -0.25) is 14.2 Å². The third-order valence-corrected chi connectivity index (χ3v) is 9.02. The number of ether oxygens (including phenoxy) is 1. The molecule has 0 unspecified atom stereocenters.